The minimum absolute atomic E-state index is 0.0353. The topological polar surface area (TPSA) is 60.0 Å². The number of piperidine rings is 1. The van der Waals surface area contributed by atoms with Gasteiger partial charge < -0.3 is 19.5 Å². The van der Waals surface area contributed by atoms with Crippen molar-refractivity contribution >= 4 is 11.6 Å². The first-order valence-electron chi connectivity index (χ1n) is 12.3. The van der Waals surface area contributed by atoms with Crippen LogP contribution in [0.25, 0.3) is 0 Å². The highest BCUT2D eigenvalue weighted by Crippen LogP contribution is 2.38. The molecule has 0 radical (unpaired) electrons. The second kappa shape index (κ2) is 11.0. The highest BCUT2D eigenvalue weighted by molar-refractivity contribution is 5.92. The Morgan fingerprint density at radius 1 is 0.943 bits per heavy atom. The lowest BCUT2D eigenvalue weighted by molar-refractivity contribution is -0.159. The molecular weight excluding hydrogens is 440 g/mol. The fourth-order valence-electron chi connectivity index (χ4n) is 4.92. The average molecular weight is 473 g/mol. The molecule has 1 amide bonds. The van der Waals surface area contributed by atoms with E-state index >= 15 is 0 Å². The van der Waals surface area contributed by atoms with E-state index in [0.29, 0.717) is 19.7 Å². The van der Waals surface area contributed by atoms with Crippen molar-refractivity contribution in [3.63, 3.8) is 0 Å². The van der Waals surface area contributed by atoms with E-state index < -0.39 is 0 Å². The van der Waals surface area contributed by atoms with Gasteiger partial charge in [0.15, 0.2) is 0 Å². The van der Waals surface area contributed by atoms with E-state index in [9.17, 15) is 4.79 Å². The van der Waals surface area contributed by atoms with E-state index in [0.717, 1.165) is 55.2 Å². The number of benzene rings is 3. The Kier molecular flexibility index (Phi) is 7.42. The predicted molar refractivity (Wildman–Crippen MR) is 136 cm³/mol. The minimum Gasteiger partial charge on any atom is -0.457 e. The molecule has 2 atom stereocenters. The first-order chi connectivity index (χ1) is 17.2. The normalized spacial score (nSPS) is 22.2. The number of hydrogen-bond acceptors (Lipinski definition) is 5. The molecule has 2 aliphatic heterocycles. The van der Waals surface area contributed by atoms with Crippen molar-refractivity contribution in [1.29, 1.82) is 0 Å². The highest BCUT2D eigenvalue weighted by atomic mass is 16.6. The predicted octanol–water partition coefficient (Wildman–Crippen LogP) is 5.26. The van der Waals surface area contributed by atoms with Crippen LogP contribution in [0.5, 0.6) is 11.5 Å². The van der Waals surface area contributed by atoms with Crippen molar-refractivity contribution in [2.24, 2.45) is 0 Å². The van der Waals surface area contributed by atoms with Crippen LogP contribution in [0.1, 0.15) is 24.8 Å². The molecule has 0 aromatic heterocycles. The summed E-state index contributed by atoms with van der Waals surface area (Å²) in [6, 6.07) is 27.3. The maximum absolute atomic E-state index is 12.8. The van der Waals surface area contributed by atoms with Gasteiger partial charge in [-0.25, -0.2) is 0 Å². The van der Waals surface area contributed by atoms with Crippen LogP contribution in [0.2, 0.25) is 0 Å². The highest BCUT2D eigenvalue weighted by Gasteiger charge is 2.47. The number of carbonyl (C=O) groups is 1. The number of ether oxygens (including phenoxy) is 3. The first kappa shape index (κ1) is 23.5. The Balaban J connectivity index is 1.15. The largest absolute Gasteiger partial charge is 0.457 e. The molecule has 2 heterocycles. The van der Waals surface area contributed by atoms with E-state index in [1.165, 1.54) is 0 Å². The molecule has 3 aromatic carbocycles. The molecule has 3 aromatic rings. The standard InChI is InChI=1S/C29H32N2O4/c32-28(30-24-12-14-26(15-13-24)35-25-10-5-2-6-11-25)21-31-18-17-29(16-7-19-34-29)27(20-31)33-22-23-8-3-1-4-9-23/h1-6,8-15,27H,7,16-22H2,(H,30,32)/t27-,29+/m1/s1. The summed E-state index contributed by atoms with van der Waals surface area (Å²) in [5.74, 6) is 1.47. The van der Waals surface area contributed by atoms with Gasteiger partial charge >= 0.3 is 0 Å². The lowest BCUT2D eigenvalue weighted by atomic mass is 9.85. The second-order valence-corrected chi connectivity index (χ2v) is 9.27. The lowest BCUT2D eigenvalue weighted by Gasteiger charge is -2.44. The van der Waals surface area contributed by atoms with Crippen molar-refractivity contribution < 1.29 is 19.0 Å². The van der Waals surface area contributed by atoms with Crippen LogP contribution in [-0.2, 0) is 20.9 Å². The third-order valence-electron chi connectivity index (χ3n) is 6.77. The molecule has 35 heavy (non-hydrogen) atoms. The zero-order valence-corrected chi connectivity index (χ0v) is 19.9. The van der Waals surface area contributed by atoms with Gasteiger partial charge in [-0.2, -0.15) is 0 Å². The van der Waals surface area contributed by atoms with Gasteiger partial charge in [-0.1, -0.05) is 48.5 Å². The Hall–Kier alpha value is -3.19. The van der Waals surface area contributed by atoms with Gasteiger partial charge in [-0.15, -0.1) is 0 Å². The Labute approximate surface area is 206 Å². The average Bonchev–Trinajstić information content (AvgIpc) is 3.36. The second-order valence-electron chi connectivity index (χ2n) is 9.27. The zero-order chi connectivity index (χ0) is 23.9. The molecule has 6 heteroatoms. The number of amides is 1. The molecule has 6 nitrogen and oxygen atoms in total. The number of carbonyl (C=O) groups excluding carboxylic acids is 1. The van der Waals surface area contributed by atoms with Crippen molar-refractivity contribution in [1.82, 2.24) is 4.90 Å². The number of para-hydroxylation sites is 1. The van der Waals surface area contributed by atoms with Crippen molar-refractivity contribution in [3.8, 4) is 11.5 Å². The Morgan fingerprint density at radius 2 is 1.66 bits per heavy atom. The molecule has 0 unspecified atom stereocenters. The van der Waals surface area contributed by atoms with Crippen LogP contribution in [0, 0.1) is 0 Å². The summed E-state index contributed by atoms with van der Waals surface area (Å²) in [4.78, 5) is 15.0. The molecule has 1 N–H and O–H groups in total. The van der Waals surface area contributed by atoms with Crippen molar-refractivity contribution in [2.75, 3.05) is 31.6 Å². The summed E-state index contributed by atoms with van der Waals surface area (Å²) in [7, 11) is 0. The van der Waals surface area contributed by atoms with E-state index in [4.69, 9.17) is 14.2 Å². The van der Waals surface area contributed by atoms with Gasteiger partial charge in [0.2, 0.25) is 5.91 Å². The molecule has 5 rings (SSSR count). The minimum atomic E-state index is -0.226. The number of rotatable bonds is 8. The third-order valence-corrected chi connectivity index (χ3v) is 6.77. The summed E-state index contributed by atoms with van der Waals surface area (Å²) < 4.78 is 18.4. The van der Waals surface area contributed by atoms with Crippen LogP contribution in [0.15, 0.2) is 84.9 Å². The summed E-state index contributed by atoms with van der Waals surface area (Å²) in [5, 5.41) is 3.01. The summed E-state index contributed by atoms with van der Waals surface area (Å²) in [5.41, 5.74) is 1.67. The first-order valence-corrected chi connectivity index (χ1v) is 12.3. The van der Waals surface area contributed by atoms with E-state index in [1.807, 2.05) is 72.8 Å². The third kappa shape index (κ3) is 6.09. The van der Waals surface area contributed by atoms with Gasteiger partial charge in [-0.05, 0) is 61.2 Å². The molecule has 182 valence electrons. The van der Waals surface area contributed by atoms with Crippen LogP contribution in [-0.4, -0.2) is 48.8 Å². The smallest absolute Gasteiger partial charge is 0.238 e. The maximum atomic E-state index is 12.8. The number of nitrogens with one attached hydrogen (secondary N) is 1. The van der Waals surface area contributed by atoms with Gasteiger partial charge in [0.1, 0.15) is 11.5 Å². The van der Waals surface area contributed by atoms with Gasteiger partial charge in [-0.3, -0.25) is 9.69 Å². The van der Waals surface area contributed by atoms with Crippen LogP contribution < -0.4 is 10.1 Å². The van der Waals surface area contributed by atoms with E-state index in [-0.39, 0.29) is 17.6 Å². The Bertz CT molecular complexity index is 1080. The van der Waals surface area contributed by atoms with Gasteiger partial charge in [0.25, 0.3) is 0 Å². The van der Waals surface area contributed by atoms with Crippen molar-refractivity contribution in [3.05, 3.63) is 90.5 Å². The molecular formula is C29H32N2O4. The molecule has 2 saturated heterocycles. The number of likely N-dealkylation sites (tertiary alicyclic amines) is 1. The molecule has 0 saturated carbocycles. The molecule has 1 spiro atoms. The fraction of sp³-hybridized carbons (Fsp3) is 0.345. The van der Waals surface area contributed by atoms with E-state index in [2.05, 4.69) is 22.3 Å². The lowest BCUT2D eigenvalue weighted by Crippen LogP contribution is -2.57. The van der Waals surface area contributed by atoms with Crippen molar-refractivity contribution in [2.45, 2.75) is 37.6 Å². The maximum Gasteiger partial charge on any atom is 0.238 e. The summed E-state index contributed by atoms with van der Waals surface area (Å²) >= 11 is 0. The summed E-state index contributed by atoms with van der Waals surface area (Å²) in [6.45, 7) is 3.17. The zero-order valence-electron chi connectivity index (χ0n) is 19.9. The fourth-order valence-corrected chi connectivity index (χ4v) is 4.92. The molecule has 0 aliphatic carbocycles. The van der Waals surface area contributed by atoms with Crippen LogP contribution >= 0.6 is 0 Å². The van der Waals surface area contributed by atoms with Gasteiger partial charge in [0, 0.05) is 25.4 Å². The monoisotopic (exact) mass is 472 g/mol. The van der Waals surface area contributed by atoms with Gasteiger partial charge in [0.05, 0.1) is 24.9 Å². The molecule has 0 bridgehead atoms. The van der Waals surface area contributed by atoms with Crippen LogP contribution in [0.3, 0.4) is 0 Å². The van der Waals surface area contributed by atoms with Crippen LogP contribution in [0.4, 0.5) is 5.69 Å². The number of hydrogen-bond donors (Lipinski definition) is 1. The Morgan fingerprint density at radius 3 is 2.37 bits per heavy atom. The SMILES string of the molecule is O=C(CN1CC[C@@]2(CCCO2)[C@H](OCc2ccccc2)C1)Nc1ccc(Oc2ccccc2)cc1. The quantitative estimate of drug-likeness (QED) is 0.485. The number of anilines is 1. The molecule has 2 fully saturated rings. The molecule has 2 aliphatic rings. The van der Waals surface area contributed by atoms with E-state index in [1.54, 1.807) is 0 Å². The number of nitrogens with zero attached hydrogens (tertiary/aromatic N) is 1. The summed E-state index contributed by atoms with van der Waals surface area (Å²) in [6.07, 6.45) is 2.91.